The highest BCUT2D eigenvalue weighted by molar-refractivity contribution is 7.90. The number of nitrogens with zero attached hydrogens (tertiary/aromatic N) is 2. The molecular formula is C14H11N3O3S2. The molecule has 0 aliphatic heterocycles. The maximum atomic E-state index is 12.4. The molecule has 0 saturated heterocycles. The van der Waals surface area contributed by atoms with Gasteiger partial charge in [0.15, 0.2) is 5.01 Å². The molecule has 0 fully saturated rings. The molecule has 3 rings (SSSR count). The van der Waals surface area contributed by atoms with E-state index in [1.54, 1.807) is 23.6 Å². The van der Waals surface area contributed by atoms with E-state index in [4.69, 9.17) is 0 Å². The van der Waals surface area contributed by atoms with Gasteiger partial charge in [-0.1, -0.05) is 18.2 Å². The zero-order valence-electron chi connectivity index (χ0n) is 11.2. The number of anilines is 1. The van der Waals surface area contributed by atoms with Crippen molar-refractivity contribution in [3.63, 3.8) is 0 Å². The third-order valence-electron chi connectivity index (χ3n) is 2.87. The van der Waals surface area contributed by atoms with Crippen molar-refractivity contribution in [1.29, 1.82) is 0 Å². The van der Waals surface area contributed by atoms with E-state index in [0.717, 1.165) is 3.97 Å². The number of rotatable bonds is 4. The summed E-state index contributed by atoms with van der Waals surface area (Å²) in [4.78, 5) is 16.0. The van der Waals surface area contributed by atoms with Crippen molar-refractivity contribution < 1.29 is 13.2 Å². The minimum absolute atomic E-state index is 0.184. The number of amides is 1. The Morgan fingerprint density at radius 3 is 2.64 bits per heavy atom. The summed E-state index contributed by atoms with van der Waals surface area (Å²) in [6.07, 6.45) is 4.28. The largest absolute Gasteiger partial charge is 0.319 e. The lowest BCUT2D eigenvalue weighted by atomic mass is 10.4. The highest BCUT2D eigenvalue weighted by atomic mass is 32.2. The lowest BCUT2D eigenvalue weighted by Crippen LogP contribution is -2.12. The first-order chi connectivity index (χ1) is 10.6. The molecular weight excluding hydrogens is 322 g/mol. The summed E-state index contributed by atoms with van der Waals surface area (Å²) in [6.45, 7) is 0. The Hall–Kier alpha value is -2.45. The summed E-state index contributed by atoms with van der Waals surface area (Å²) in [6, 6.07) is 9.61. The Balaban J connectivity index is 1.84. The summed E-state index contributed by atoms with van der Waals surface area (Å²) in [7, 11) is -3.66. The van der Waals surface area contributed by atoms with Crippen molar-refractivity contribution in [3.05, 3.63) is 65.4 Å². The van der Waals surface area contributed by atoms with E-state index in [1.807, 2.05) is 0 Å². The van der Waals surface area contributed by atoms with Gasteiger partial charge >= 0.3 is 0 Å². The molecule has 0 unspecified atom stereocenters. The fraction of sp³-hybridized carbons (Fsp3) is 0. The van der Waals surface area contributed by atoms with Crippen LogP contribution >= 0.6 is 11.3 Å². The monoisotopic (exact) mass is 333 g/mol. The van der Waals surface area contributed by atoms with Gasteiger partial charge < -0.3 is 5.32 Å². The number of carbonyl (C=O) groups excluding carboxylic acids is 1. The van der Waals surface area contributed by atoms with E-state index in [1.165, 1.54) is 48.1 Å². The van der Waals surface area contributed by atoms with E-state index < -0.39 is 10.0 Å². The van der Waals surface area contributed by atoms with E-state index >= 15 is 0 Å². The van der Waals surface area contributed by atoms with E-state index in [9.17, 15) is 13.2 Å². The molecule has 2 aromatic heterocycles. The summed E-state index contributed by atoms with van der Waals surface area (Å²) in [5.41, 5.74) is 0.389. The fourth-order valence-electron chi connectivity index (χ4n) is 1.83. The van der Waals surface area contributed by atoms with Crippen LogP contribution in [0.3, 0.4) is 0 Å². The highest BCUT2D eigenvalue weighted by Crippen LogP contribution is 2.18. The van der Waals surface area contributed by atoms with Crippen LogP contribution in [0.5, 0.6) is 0 Å². The first kappa shape index (κ1) is 14.5. The Kier molecular flexibility index (Phi) is 3.78. The predicted molar refractivity (Wildman–Crippen MR) is 83.5 cm³/mol. The number of carbonyl (C=O) groups is 1. The van der Waals surface area contributed by atoms with Crippen LogP contribution in [0.25, 0.3) is 0 Å². The molecule has 6 nitrogen and oxygen atoms in total. The Labute approximate surface area is 131 Å². The van der Waals surface area contributed by atoms with Crippen LogP contribution in [0.4, 0.5) is 5.69 Å². The molecule has 0 radical (unpaired) electrons. The van der Waals surface area contributed by atoms with Gasteiger partial charge in [0.05, 0.1) is 10.6 Å². The lowest BCUT2D eigenvalue weighted by molar-refractivity contribution is 0.102. The molecule has 22 heavy (non-hydrogen) atoms. The third kappa shape index (κ3) is 2.78. The van der Waals surface area contributed by atoms with Gasteiger partial charge in [-0.25, -0.2) is 17.4 Å². The van der Waals surface area contributed by atoms with Crippen LogP contribution in [0, 0.1) is 0 Å². The number of aromatic nitrogens is 2. The molecule has 112 valence electrons. The SMILES string of the molecule is O=C(Nc1ccn(S(=O)(=O)c2ccccc2)c1)c1nccs1. The fourth-order valence-corrected chi connectivity index (χ4v) is 3.58. The molecule has 0 saturated carbocycles. The second kappa shape index (κ2) is 5.74. The van der Waals surface area contributed by atoms with Crippen LogP contribution in [0.1, 0.15) is 9.80 Å². The van der Waals surface area contributed by atoms with Gasteiger partial charge in [-0.05, 0) is 18.2 Å². The zero-order valence-corrected chi connectivity index (χ0v) is 12.8. The van der Waals surface area contributed by atoms with Crippen molar-refractivity contribution >= 4 is 33.0 Å². The Bertz CT molecular complexity index is 885. The van der Waals surface area contributed by atoms with Gasteiger partial charge in [-0.3, -0.25) is 4.79 Å². The van der Waals surface area contributed by atoms with Gasteiger partial charge in [0.2, 0.25) is 0 Å². The molecule has 1 amide bonds. The average molecular weight is 333 g/mol. The van der Waals surface area contributed by atoms with Gasteiger partial charge in [0.1, 0.15) is 0 Å². The predicted octanol–water partition coefficient (Wildman–Crippen LogP) is 2.43. The number of nitrogens with one attached hydrogen (secondary N) is 1. The Morgan fingerprint density at radius 1 is 1.18 bits per heavy atom. The molecule has 8 heteroatoms. The van der Waals surface area contributed by atoms with Crippen molar-refractivity contribution in [2.75, 3.05) is 5.32 Å². The second-order valence-electron chi connectivity index (χ2n) is 4.34. The van der Waals surface area contributed by atoms with E-state index in [2.05, 4.69) is 10.3 Å². The quantitative estimate of drug-likeness (QED) is 0.795. The summed E-state index contributed by atoms with van der Waals surface area (Å²) in [5, 5.41) is 4.62. The van der Waals surface area contributed by atoms with Gasteiger partial charge in [-0.2, -0.15) is 0 Å². The van der Waals surface area contributed by atoms with E-state index in [-0.39, 0.29) is 10.8 Å². The van der Waals surface area contributed by atoms with Gasteiger partial charge in [0.25, 0.3) is 15.9 Å². The molecule has 1 N–H and O–H groups in total. The molecule has 0 atom stereocenters. The molecule has 0 aliphatic rings. The molecule has 1 aromatic carbocycles. The van der Waals surface area contributed by atoms with Crippen molar-refractivity contribution in [3.8, 4) is 0 Å². The van der Waals surface area contributed by atoms with Crippen molar-refractivity contribution in [2.45, 2.75) is 4.90 Å². The van der Waals surface area contributed by atoms with Crippen LogP contribution in [0.15, 0.2) is 65.3 Å². The first-order valence-corrected chi connectivity index (χ1v) is 8.59. The molecule has 3 aromatic rings. The number of benzene rings is 1. The average Bonchev–Trinajstić information content (AvgIpc) is 3.19. The number of hydrogen-bond acceptors (Lipinski definition) is 5. The lowest BCUT2D eigenvalue weighted by Gasteiger charge is -2.05. The van der Waals surface area contributed by atoms with Crippen LogP contribution in [0.2, 0.25) is 0 Å². The van der Waals surface area contributed by atoms with E-state index in [0.29, 0.717) is 10.7 Å². The molecule has 0 spiro atoms. The van der Waals surface area contributed by atoms with Crippen LogP contribution < -0.4 is 5.32 Å². The summed E-state index contributed by atoms with van der Waals surface area (Å²) < 4.78 is 25.9. The summed E-state index contributed by atoms with van der Waals surface area (Å²) >= 11 is 1.21. The number of hydrogen-bond donors (Lipinski definition) is 1. The number of thiazole rings is 1. The third-order valence-corrected chi connectivity index (χ3v) is 5.29. The maximum Gasteiger partial charge on any atom is 0.284 e. The zero-order chi connectivity index (χ0) is 15.6. The minimum Gasteiger partial charge on any atom is -0.319 e. The van der Waals surface area contributed by atoms with Crippen LogP contribution in [-0.4, -0.2) is 23.3 Å². The van der Waals surface area contributed by atoms with Crippen molar-refractivity contribution in [1.82, 2.24) is 8.96 Å². The molecule has 0 bridgehead atoms. The molecule has 0 aliphatic carbocycles. The second-order valence-corrected chi connectivity index (χ2v) is 7.08. The minimum atomic E-state index is -3.66. The van der Waals surface area contributed by atoms with Crippen molar-refractivity contribution in [2.24, 2.45) is 0 Å². The first-order valence-electron chi connectivity index (χ1n) is 6.27. The van der Waals surface area contributed by atoms with Crippen LogP contribution in [-0.2, 0) is 10.0 Å². The highest BCUT2D eigenvalue weighted by Gasteiger charge is 2.17. The Morgan fingerprint density at radius 2 is 1.95 bits per heavy atom. The standard InChI is InChI=1S/C14H11N3O3S2/c18-13(14-15-7-9-21-14)16-11-6-8-17(10-11)22(19,20)12-4-2-1-3-5-12/h1-10H,(H,16,18). The topological polar surface area (TPSA) is 81.1 Å². The smallest absolute Gasteiger partial charge is 0.284 e. The van der Waals surface area contributed by atoms with Gasteiger partial charge in [-0.15, -0.1) is 11.3 Å². The molecule has 2 heterocycles. The van der Waals surface area contributed by atoms with Gasteiger partial charge in [0, 0.05) is 24.0 Å². The maximum absolute atomic E-state index is 12.4. The normalized spacial score (nSPS) is 11.3. The summed E-state index contributed by atoms with van der Waals surface area (Å²) in [5.74, 6) is -0.371.